The molecule has 1 heterocycles. The van der Waals surface area contributed by atoms with Crippen LogP contribution >= 0.6 is 0 Å². The van der Waals surface area contributed by atoms with Gasteiger partial charge in [0.1, 0.15) is 11.5 Å². The molecule has 114 valence electrons. The third kappa shape index (κ3) is 3.22. The van der Waals surface area contributed by atoms with E-state index in [1.165, 1.54) is 5.56 Å². The summed E-state index contributed by atoms with van der Waals surface area (Å²) in [5.74, 6) is 2.58. The number of amides is 1. The van der Waals surface area contributed by atoms with Crippen LogP contribution in [0.5, 0.6) is 0 Å². The lowest BCUT2D eigenvalue weighted by molar-refractivity contribution is -0.122. The Morgan fingerprint density at radius 2 is 2.29 bits per heavy atom. The summed E-state index contributed by atoms with van der Waals surface area (Å²) in [6.45, 7) is 6.47. The molecule has 0 saturated carbocycles. The van der Waals surface area contributed by atoms with E-state index in [9.17, 15) is 4.79 Å². The lowest BCUT2D eigenvalue weighted by Crippen LogP contribution is -2.36. The summed E-state index contributed by atoms with van der Waals surface area (Å²) in [6, 6.07) is 2.18. The van der Waals surface area contributed by atoms with Gasteiger partial charge in [-0.05, 0) is 43.6 Å². The number of furan rings is 1. The van der Waals surface area contributed by atoms with Crippen LogP contribution in [0.15, 0.2) is 22.6 Å². The number of hydrogen-bond acceptors (Lipinski definition) is 2. The van der Waals surface area contributed by atoms with Gasteiger partial charge in [0.2, 0.25) is 5.91 Å². The molecule has 21 heavy (non-hydrogen) atoms. The molecule has 2 atom stereocenters. The van der Waals surface area contributed by atoms with E-state index in [-0.39, 0.29) is 17.4 Å². The maximum absolute atomic E-state index is 12.3. The zero-order valence-corrected chi connectivity index (χ0v) is 13.2. The standard InChI is InChI=1S/C18H25NO2/c1-12-8-14-15(10-18(2,3)11-16(14)21-12)19-17(20)9-13-6-4-5-7-13/h4,6,8,13,15H,5,7,9-11H2,1-3H3,(H,19,20)/t13-,15-/m1/s1. The van der Waals surface area contributed by atoms with Crippen LogP contribution in [0, 0.1) is 18.3 Å². The summed E-state index contributed by atoms with van der Waals surface area (Å²) in [5, 5.41) is 3.24. The Balaban J connectivity index is 1.71. The third-order valence-electron chi connectivity index (χ3n) is 4.63. The second-order valence-electron chi connectivity index (χ2n) is 7.37. The average Bonchev–Trinajstić information content (AvgIpc) is 2.96. The van der Waals surface area contributed by atoms with Gasteiger partial charge in [0, 0.05) is 18.4 Å². The number of nitrogens with one attached hydrogen (secondary N) is 1. The molecule has 0 unspecified atom stereocenters. The van der Waals surface area contributed by atoms with Crippen molar-refractivity contribution in [2.24, 2.45) is 11.3 Å². The molecule has 1 N–H and O–H groups in total. The van der Waals surface area contributed by atoms with Crippen molar-refractivity contribution in [1.29, 1.82) is 0 Å². The maximum atomic E-state index is 12.3. The van der Waals surface area contributed by atoms with Gasteiger partial charge in [-0.25, -0.2) is 0 Å². The van der Waals surface area contributed by atoms with Gasteiger partial charge in [-0.2, -0.15) is 0 Å². The molecule has 2 aliphatic carbocycles. The van der Waals surface area contributed by atoms with Crippen LogP contribution in [0.1, 0.15) is 62.7 Å². The number of hydrogen-bond donors (Lipinski definition) is 1. The van der Waals surface area contributed by atoms with Crippen molar-refractivity contribution in [2.45, 2.75) is 58.9 Å². The molecule has 1 aromatic rings. The second-order valence-corrected chi connectivity index (χ2v) is 7.37. The van der Waals surface area contributed by atoms with Gasteiger partial charge in [-0.1, -0.05) is 26.0 Å². The van der Waals surface area contributed by atoms with Crippen LogP contribution in [-0.2, 0) is 11.2 Å². The van der Waals surface area contributed by atoms with E-state index >= 15 is 0 Å². The fourth-order valence-electron chi connectivity index (χ4n) is 3.67. The Morgan fingerprint density at radius 1 is 1.48 bits per heavy atom. The van der Waals surface area contributed by atoms with Gasteiger partial charge >= 0.3 is 0 Å². The zero-order valence-electron chi connectivity index (χ0n) is 13.2. The second kappa shape index (κ2) is 5.36. The molecular formula is C18H25NO2. The Kier molecular flexibility index (Phi) is 3.68. The minimum absolute atomic E-state index is 0.0964. The Bertz CT molecular complexity index is 568. The SMILES string of the molecule is Cc1cc2c(o1)CC(C)(C)C[C@H]2NC(=O)C[C@@H]1C=CCC1. The zero-order chi connectivity index (χ0) is 15.0. The summed E-state index contributed by atoms with van der Waals surface area (Å²) < 4.78 is 5.82. The van der Waals surface area contributed by atoms with Crippen LogP contribution in [0.3, 0.4) is 0 Å². The molecule has 0 spiro atoms. The highest BCUT2D eigenvalue weighted by molar-refractivity contribution is 5.77. The van der Waals surface area contributed by atoms with Crippen molar-refractivity contribution < 1.29 is 9.21 Å². The quantitative estimate of drug-likeness (QED) is 0.851. The van der Waals surface area contributed by atoms with E-state index in [0.29, 0.717) is 12.3 Å². The van der Waals surface area contributed by atoms with E-state index in [4.69, 9.17) is 4.42 Å². The first kappa shape index (κ1) is 14.4. The number of rotatable bonds is 3. The van der Waals surface area contributed by atoms with E-state index in [2.05, 4.69) is 37.4 Å². The molecule has 3 rings (SSSR count). The van der Waals surface area contributed by atoms with Crippen LogP contribution < -0.4 is 5.32 Å². The lowest BCUT2D eigenvalue weighted by atomic mass is 9.74. The van der Waals surface area contributed by atoms with Crippen LogP contribution in [0.4, 0.5) is 0 Å². The minimum atomic E-state index is 0.0964. The molecule has 3 nitrogen and oxygen atoms in total. The summed E-state index contributed by atoms with van der Waals surface area (Å²) in [5.41, 5.74) is 1.35. The predicted molar refractivity (Wildman–Crippen MR) is 82.9 cm³/mol. The first-order valence-corrected chi connectivity index (χ1v) is 7.98. The Labute approximate surface area is 126 Å². The van der Waals surface area contributed by atoms with Crippen molar-refractivity contribution in [3.8, 4) is 0 Å². The largest absolute Gasteiger partial charge is 0.466 e. The van der Waals surface area contributed by atoms with Crippen molar-refractivity contribution >= 4 is 5.91 Å². The number of allylic oxidation sites excluding steroid dienone is 2. The fourth-order valence-corrected chi connectivity index (χ4v) is 3.67. The first-order valence-electron chi connectivity index (χ1n) is 7.98. The summed E-state index contributed by atoms with van der Waals surface area (Å²) in [4.78, 5) is 12.3. The molecule has 0 fully saturated rings. The molecule has 0 aromatic carbocycles. The summed E-state index contributed by atoms with van der Waals surface area (Å²) in [7, 11) is 0. The monoisotopic (exact) mass is 287 g/mol. The van der Waals surface area contributed by atoms with Gasteiger partial charge in [0.15, 0.2) is 0 Å². The van der Waals surface area contributed by atoms with E-state index in [1.54, 1.807) is 0 Å². The lowest BCUT2D eigenvalue weighted by Gasteiger charge is -2.34. The molecule has 1 amide bonds. The summed E-state index contributed by atoms with van der Waals surface area (Å²) in [6.07, 6.45) is 9.12. The molecule has 0 saturated heterocycles. The molecule has 1 aromatic heterocycles. The Hall–Kier alpha value is -1.51. The van der Waals surface area contributed by atoms with E-state index in [0.717, 1.165) is 37.2 Å². The smallest absolute Gasteiger partial charge is 0.221 e. The van der Waals surface area contributed by atoms with Gasteiger partial charge in [-0.15, -0.1) is 0 Å². The number of carbonyl (C=O) groups excluding carboxylic acids is 1. The minimum Gasteiger partial charge on any atom is -0.466 e. The van der Waals surface area contributed by atoms with Crippen LogP contribution in [0.25, 0.3) is 0 Å². The molecular weight excluding hydrogens is 262 g/mol. The first-order chi connectivity index (χ1) is 9.93. The van der Waals surface area contributed by atoms with Crippen molar-refractivity contribution in [2.75, 3.05) is 0 Å². The van der Waals surface area contributed by atoms with Gasteiger partial charge in [-0.3, -0.25) is 4.79 Å². The Morgan fingerprint density at radius 3 is 3.00 bits per heavy atom. The van der Waals surface area contributed by atoms with Gasteiger partial charge in [0.25, 0.3) is 0 Å². The fraction of sp³-hybridized carbons (Fsp3) is 0.611. The van der Waals surface area contributed by atoms with Crippen molar-refractivity contribution in [1.82, 2.24) is 5.32 Å². The average molecular weight is 287 g/mol. The van der Waals surface area contributed by atoms with Gasteiger partial charge in [0.05, 0.1) is 6.04 Å². The third-order valence-corrected chi connectivity index (χ3v) is 4.63. The topological polar surface area (TPSA) is 42.2 Å². The number of carbonyl (C=O) groups is 1. The van der Waals surface area contributed by atoms with Crippen LogP contribution in [-0.4, -0.2) is 5.91 Å². The van der Waals surface area contributed by atoms with Crippen molar-refractivity contribution in [3.63, 3.8) is 0 Å². The maximum Gasteiger partial charge on any atom is 0.221 e. The highest BCUT2D eigenvalue weighted by Crippen LogP contribution is 2.42. The van der Waals surface area contributed by atoms with E-state index in [1.807, 2.05) is 6.92 Å². The molecule has 3 heteroatoms. The molecule has 0 aliphatic heterocycles. The molecule has 0 radical (unpaired) electrons. The highest BCUT2D eigenvalue weighted by Gasteiger charge is 2.35. The van der Waals surface area contributed by atoms with Crippen LogP contribution in [0.2, 0.25) is 0 Å². The van der Waals surface area contributed by atoms with E-state index < -0.39 is 0 Å². The molecule has 0 bridgehead atoms. The predicted octanol–water partition coefficient (Wildman–Crippen LogP) is 4.07. The number of fused-ring (bicyclic) bond motifs is 1. The normalized spacial score (nSPS) is 26.6. The van der Waals surface area contributed by atoms with Gasteiger partial charge < -0.3 is 9.73 Å². The number of aryl methyl sites for hydroxylation is 1. The highest BCUT2D eigenvalue weighted by atomic mass is 16.3. The molecule has 2 aliphatic rings. The van der Waals surface area contributed by atoms with Crippen molar-refractivity contribution in [3.05, 3.63) is 35.3 Å². The summed E-state index contributed by atoms with van der Waals surface area (Å²) >= 11 is 0.